The molecule has 0 aliphatic rings. The van der Waals surface area contributed by atoms with Gasteiger partial charge in [0, 0.05) is 6.04 Å². The zero-order chi connectivity index (χ0) is 15.9. The van der Waals surface area contributed by atoms with Crippen molar-refractivity contribution in [2.75, 3.05) is 6.54 Å². The highest BCUT2D eigenvalue weighted by molar-refractivity contribution is 5.83. The van der Waals surface area contributed by atoms with Gasteiger partial charge in [0.15, 0.2) is 0 Å². The smallest absolute Gasteiger partial charge is 0.234 e. The van der Waals surface area contributed by atoms with Crippen molar-refractivity contribution in [3.63, 3.8) is 0 Å². The van der Waals surface area contributed by atoms with E-state index in [1.165, 1.54) is 10.8 Å². The quantitative estimate of drug-likeness (QED) is 0.655. The number of nitrogens with one attached hydrogen (secondary N) is 1. The maximum Gasteiger partial charge on any atom is 0.234 e. The second-order valence-electron chi connectivity index (χ2n) is 5.73. The molecule has 0 radical (unpaired) electrons. The molecule has 0 saturated carbocycles. The number of amides is 1. The Morgan fingerprint density at radius 3 is 2.55 bits per heavy atom. The van der Waals surface area contributed by atoms with Crippen LogP contribution in [0.4, 0.5) is 0 Å². The Morgan fingerprint density at radius 2 is 1.86 bits per heavy atom. The van der Waals surface area contributed by atoms with Gasteiger partial charge in [-0.3, -0.25) is 10.1 Å². The van der Waals surface area contributed by atoms with Gasteiger partial charge in [-0.15, -0.1) is 0 Å². The Balaban J connectivity index is 2.07. The summed E-state index contributed by atoms with van der Waals surface area (Å²) in [4.78, 5) is 11.6. The van der Waals surface area contributed by atoms with Crippen LogP contribution in [0.2, 0.25) is 0 Å². The molecule has 118 valence electrons. The molecule has 0 unspecified atom stereocenters. The van der Waals surface area contributed by atoms with Gasteiger partial charge in [0.1, 0.15) is 0 Å². The maximum atomic E-state index is 11.6. The summed E-state index contributed by atoms with van der Waals surface area (Å²) in [5.41, 5.74) is 12.2. The summed E-state index contributed by atoms with van der Waals surface area (Å²) in [6, 6.07) is 14.4. The van der Waals surface area contributed by atoms with E-state index in [2.05, 4.69) is 42.6 Å². The lowest BCUT2D eigenvalue weighted by molar-refractivity contribution is -0.120. The van der Waals surface area contributed by atoms with E-state index in [0.717, 1.165) is 24.8 Å². The minimum Gasteiger partial charge on any atom is -0.368 e. The molecular formula is C18H25N3O. The van der Waals surface area contributed by atoms with Crippen LogP contribution >= 0.6 is 0 Å². The maximum absolute atomic E-state index is 11.6. The highest BCUT2D eigenvalue weighted by atomic mass is 16.1. The third-order valence-electron chi connectivity index (χ3n) is 4.02. The number of carbonyl (C=O) groups is 1. The van der Waals surface area contributed by atoms with E-state index >= 15 is 0 Å². The van der Waals surface area contributed by atoms with Gasteiger partial charge in [0.05, 0.1) is 6.04 Å². The van der Waals surface area contributed by atoms with Gasteiger partial charge in [-0.1, -0.05) is 42.8 Å². The average Bonchev–Trinajstić information content (AvgIpc) is 2.53. The third-order valence-corrected chi connectivity index (χ3v) is 4.02. The lowest BCUT2D eigenvalue weighted by Gasteiger charge is -2.21. The zero-order valence-corrected chi connectivity index (χ0v) is 13.1. The number of rotatable bonds is 8. The number of primary amides is 1. The summed E-state index contributed by atoms with van der Waals surface area (Å²) in [6.07, 6.45) is 2.54. The molecule has 2 aromatic carbocycles. The lowest BCUT2D eigenvalue weighted by atomic mass is 10.0. The summed E-state index contributed by atoms with van der Waals surface area (Å²) >= 11 is 0. The summed E-state index contributed by atoms with van der Waals surface area (Å²) in [6.45, 7) is 2.70. The van der Waals surface area contributed by atoms with Crippen LogP contribution in [0, 0.1) is 0 Å². The predicted molar refractivity (Wildman–Crippen MR) is 91.4 cm³/mol. The molecule has 1 amide bonds. The molecular weight excluding hydrogens is 274 g/mol. The number of nitrogens with two attached hydrogens (primary N) is 2. The molecule has 0 heterocycles. The van der Waals surface area contributed by atoms with Crippen LogP contribution in [0.25, 0.3) is 10.8 Å². The highest BCUT2D eigenvalue weighted by Crippen LogP contribution is 2.21. The fraction of sp³-hybridized carbons (Fsp3) is 0.389. The molecule has 2 rings (SSSR count). The fourth-order valence-corrected chi connectivity index (χ4v) is 2.68. The summed E-state index contributed by atoms with van der Waals surface area (Å²) in [7, 11) is 0. The molecule has 5 N–H and O–H groups in total. The minimum atomic E-state index is -0.312. The standard InChI is InChI=1S/C18H25N3O/c1-13(21-17(18(20)22)8-4-5-11-19)15-10-9-14-6-2-3-7-16(14)12-15/h2-3,6-7,9-10,12-13,17,21H,4-5,8,11,19H2,1H3,(H2,20,22)/t13-,17+/m1/s1. The predicted octanol–water partition coefficient (Wildman–Crippen LogP) is 2.47. The van der Waals surface area contributed by atoms with Crippen molar-refractivity contribution >= 4 is 16.7 Å². The van der Waals surface area contributed by atoms with Gasteiger partial charge >= 0.3 is 0 Å². The number of carbonyl (C=O) groups excluding carboxylic acids is 1. The summed E-state index contributed by atoms with van der Waals surface area (Å²) < 4.78 is 0. The van der Waals surface area contributed by atoms with E-state index < -0.39 is 0 Å². The van der Waals surface area contributed by atoms with Gasteiger partial charge in [-0.25, -0.2) is 0 Å². The van der Waals surface area contributed by atoms with Gasteiger partial charge in [0.25, 0.3) is 0 Å². The molecule has 0 spiro atoms. The van der Waals surface area contributed by atoms with Crippen LogP contribution in [-0.4, -0.2) is 18.5 Å². The zero-order valence-electron chi connectivity index (χ0n) is 13.1. The first-order valence-electron chi connectivity index (χ1n) is 7.86. The second-order valence-corrected chi connectivity index (χ2v) is 5.73. The Bertz CT molecular complexity index is 627. The third kappa shape index (κ3) is 4.29. The van der Waals surface area contributed by atoms with Crippen LogP contribution in [0.3, 0.4) is 0 Å². The molecule has 0 saturated heterocycles. The largest absolute Gasteiger partial charge is 0.368 e. The number of benzene rings is 2. The van der Waals surface area contributed by atoms with Crippen molar-refractivity contribution in [3.05, 3.63) is 48.0 Å². The first kappa shape index (κ1) is 16.5. The van der Waals surface area contributed by atoms with E-state index in [0.29, 0.717) is 6.54 Å². The Labute approximate surface area is 131 Å². The highest BCUT2D eigenvalue weighted by Gasteiger charge is 2.18. The fourth-order valence-electron chi connectivity index (χ4n) is 2.68. The van der Waals surface area contributed by atoms with Crippen molar-refractivity contribution < 1.29 is 4.79 Å². The van der Waals surface area contributed by atoms with Crippen LogP contribution in [0.1, 0.15) is 37.8 Å². The minimum absolute atomic E-state index is 0.0694. The van der Waals surface area contributed by atoms with E-state index in [1.54, 1.807) is 0 Å². The lowest BCUT2D eigenvalue weighted by Crippen LogP contribution is -2.42. The average molecular weight is 299 g/mol. The molecule has 0 aromatic heterocycles. The molecule has 0 fully saturated rings. The molecule has 0 bridgehead atoms. The van der Waals surface area contributed by atoms with Crippen molar-refractivity contribution in [1.82, 2.24) is 5.32 Å². The Hall–Kier alpha value is -1.91. The topological polar surface area (TPSA) is 81.1 Å². The first-order valence-corrected chi connectivity index (χ1v) is 7.86. The van der Waals surface area contributed by atoms with Crippen molar-refractivity contribution in [2.45, 2.75) is 38.3 Å². The molecule has 2 aromatic rings. The second kappa shape index (κ2) is 7.92. The van der Waals surface area contributed by atoms with Gasteiger partial charge < -0.3 is 11.5 Å². The molecule has 2 atom stereocenters. The van der Waals surface area contributed by atoms with Crippen molar-refractivity contribution in [3.8, 4) is 0 Å². The van der Waals surface area contributed by atoms with Gasteiger partial charge in [0.2, 0.25) is 5.91 Å². The van der Waals surface area contributed by atoms with Gasteiger partial charge in [-0.05, 0) is 48.7 Å². The molecule has 4 nitrogen and oxygen atoms in total. The van der Waals surface area contributed by atoms with Crippen molar-refractivity contribution in [2.24, 2.45) is 11.5 Å². The van der Waals surface area contributed by atoms with E-state index in [-0.39, 0.29) is 18.0 Å². The molecule has 0 aliphatic carbocycles. The van der Waals surface area contributed by atoms with Crippen LogP contribution < -0.4 is 16.8 Å². The van der Waals surface area contributed by atoms with Crippen molar-refractivity contribution in [1.29, 1.82) is 0 Å². The molecule has 4 heteroatoms. The molecule has 22 heavy (non-hydrogen) atoms. The Kier molecular flexibility index (Phi) is 5.92. The molecule has 0 aliphatic heterocycles. The number of unbranched alkanes of at least 4 members (excludes halogenated alkanes) is 1. The van der Waals surface area contributed by atoms with Crippen LogP contribution in [-0.2, 0) is 4.79 Å². The Morgan fingerprint density at radius 1 is 1.14 bits per heavy atom. The summed E-state index contributed by atoms with van der Waals surface area (Å²) in [5, 5.41) is 5.76. The number of hydrogen-bond acceptors (Lipinski definition) is 3. The number of hydrogen-bond donors (Lipinski definition) is 3. The van der Waals surface area contributed by atoms with Crippen LogP contribution in [0.5, 0.6) is 0 Å². The first-order chi connectivity index (χ1) is 10.6. The normalized spacial score (nSPS) is 13.9. The summed E-state index contributed by atoms with van der Waals surface area (Å²) in [5.74, 6) is -0.301. The van der Waals surface area contributed by atoms with E-state index in [1.807, 2.05) is 12.1 Å². The van der Waals surface area contributed by atoms with Crippen LogP contribution in [0.15, 0.2) is 42.5 Å². The monoisotopic (exact) mass is 299 g/mol. The van der Waals surface area contributed by atoms with E-state index in [4.69, 9.17) is 11.5 Å². The van der Waals surface area contributed by atoms with Gasteiger partial charge in [-0.2, -0.15) is 0 Å². The number of fused-ring (bicyclic) bond motifs is 1. The van der Waals surface area contributed by atoms with E-state index in [9.17, 15) is 4.79 Å². The SMILES string of the molecule is C[C@@H](N[C@@H](CCCCN)C(N)=O)c1ccc2ccccc2c1.